The minimum absolute atomic E-state index is 0.498. The van der Waals surface area contributed by atoms with Gasteiger partial charge in [-0.3, -0.25) is 0 Å². The van der Waals surface area contributed by atoms with Crippen LogP contribution in [0.3, 0.4) is 0 Å². The quantitative estimate of drug-likeness (QED) is 0.581. The van der Waals surface area contributed by atoms with Gasteiger partial charge in [0.25, 0.3) is 0 Å². The summed E-state index contributed by atoms with van der Waals surface area (Å²) >= 11 is 5.76. The second kappa shape index (κ2) is 6.92. The Bertz CT molecular complexity index is 471. The Labute approximate surface area is 112 Å². The molecule has 0 heterocycles. The van der Waals surface area contributed by atoms with Crippen molar-refractivity contribution in [3.63, 3.8) is 0 Å². The van der Waals surface area contributed by atoms with Crippen molar-refractivity contribution in [3.8, 4) is 11.5 Å². The predicted molar refractivity (Wildman–Crippen MR) is 73.4 cm³/mol. The van der Waals surface area contributed by atoms with Gasteiger partial charge in [-0.1, -0.05) is 30.3 Å². The molecule has 2 rings (SSSR count). The fourth-order valence-electron chi connectivity index (χ4n) is 1.55. The molecule has 2 aromatic rings. The Morgan fingerprint density at radius 3 is 2.17 bits per heavy atom. The van der Waals surface area contributed by atoms with Crippen LogP contribution >= 0.6 is 11.6 Å². The van der Waals surface area contributed by atoms with Crippen LogP contribution in [0.25, 0.3) is 0 Å². The molecular weight excluding hydrogens is 248 g/mol. The molecule has 0 aliphatic carbocycles. The van der Waals surface area contributed by atoms with Crippen molar-refractivity contribution in [3.05, 3.63) is 60.2 Å². The highest BCUT2D eigenvalue weighted by Gasteiger charge is 1.97. The number of benzene rings is 2. The minimum atomic E-state index is 0.498. The molecule has 2 nitrogen and oxygen atoms in total. The monoisotopic (exact) mass is 262 g/mol. The second-order valence-electron chi connectivity index (χ2n) is 3.79. The number of hydrogen-bond acceptors (Lipinski definition) is 2. The van der Waals surface area contributed by atoms with Gasteiger partial charge < -0.3 is 9.47 Å². The average Bonchev–Trinajstić information content (AvgIpc) is 2.45. The van der Waals surface area contributed by atoms with Gasteiger partial charge in [0.2, 0.25) is 0 Å². The third-order valence-corrected chi connectivity index (χ3v) is 2.73. The molecule has 2 aromatic carbocycles. The van der Waals surface area contributed by atoms with Crippen LogP contribution in [0, 0.1) is 0 Å². The molecule has 0 radical (unpaired) electrons. The first-order chi connectivity index (χ1) is 8.88. The van der Waals surface area contributed by atoms with Crippen LogP contribution < -0.4 is 9.47 Å². The molecule has 0 unspecified atom stereocenters. The van der Waals surface area contributed by atoms with Gasteiger partial charge in [-0.25, -0.2) is 0 Å². The first-order valence-corrected chi connectivity index (χ1v) is 6.37. The fourth-order valence-corrected chi connectivity index (χ4v) is 1.72. The topological polar surface area (TPSA) is 18.5 Å². The highest BCUT2D eigenvalue weighted by molar-refractivity contribution is 6.17. The van der Waals surface area contributed by atoms with Crippen LogP contribution in [0.15, 0.2) is 54.6 Å². The van der Waals surface area contributed by atoms with Gasteiger partial charge in [0, 0.05) is 5.88 Å². The third-order valence-electron chi connectivity index (χ3n) is 2.42. The average molecular weight is 263 g/mol. The summed E-state index contributed by atoms with van der Waals surface area (Å²) in [5.41, 5.74) is 1.05. The van der Waals surface area contributed by atoms with E-state index in [2.05, 4.69) is 0 Å². The summed E-state index contributed by atoms with van der Waals surface area (Å²) in [5.74, 6) is 2.18. The van der Waals surface area contributed by atoms with Gasteiger partial charge >= 0.3 is 0 Å². The first-order valence-electron chi connectivity index (χ1n) is 5.84. The van der Waals surface area contributed by atoms with Gasteiger partial charge in [0.05, 0.1) is 0 Å². The lowest BCUT2D eigenvalue weighted by atomic mass is 10.2. The Hall–Kier alpha value is -1.67. The van der Waals surface area contributed by atoms with E-state index in [4.69, 9.17) is 21.1 Å². The van der Waals surface area contributed by atoms with Crippen LogP contribution in [0.2, 0.25) is 0 Å². The van der Waals surface area contributed by atoms with Crippen molar-refractivity contribution in [2.24, 2.45) is 0 Å². The standard InChI is InChI=1S/C15H15ClO2/c16-12-13-5-4-8-15(11-13)18-10-9-17-14-6-2-1-3-7-14/h1-8,11H,9-10,12H2. The van der Waals surface area contributed by atoms with E-state index in [-0.39, 0.29) is 0 Å². The normalized spacial score (nSPS) is 10.1. The highest BCUT2D eigenvalue weighted by Crippen LogP contribution is 2.15. The molecule has 0 fully saturated rings. The molecule has 94 valence electrons. The Kier molecular flexibility index (Phi) is 4.91. The molecule has 0 amide bonds. The van der Waals surface area contributed by atoms with Crippen LogP contribution in [0.4, 0.5) is 0 Å². The van der Waals surface area contributed by atoms with Crippen molar-refractivity contribution >= 4 is 11.6 Å². The van der Waals surface area contributed by atoms with Crippen LogP contribution in [0.1, 0.15) is 5.56 Å². The first kappa shape index (κ1) is 12.8. The van der Waals surface area contributed by atoms with Crippen molar-refractivity contribution in [1.29, 1.82) is 0 Å². The van der Waals surface area contributed by atoms with Gasteiger partial charge in [-0.05, 0) is 29.8 Å². The molecule has 0 bridgehead atoms. The Balaban J connectivity index is 1.75. The Morgan fingerprint density at radius 1 is 0.778 bits per heavy atom. The van der Waals surface area contributed by atoms with E-state index in [0.717, 1.165) is 17.1 Å². The summed E-state index contributed by atoms with van der Waals surface area (Å²) in [6.07, 6.45) is 0. The van der Waals surface area contributed by atoms with Crippen LogP contribution in [-0.2, 0) is 5.88 Å². The maximum atomic E-state index is 5.76. The molecule has 18 heavy (non-hydrogen) atoms. The molecule has 0 N–H and O–H groups in total. The number of halogens is 1. The lowest BCUT2D eigenvalue weighted by molar-refractivity contribution is 0.217. The third kappa shape index (κ3) is 3.97. The molecule has 0 aromatic heterocycles. The van der Waals surface area contributed by atoms with Gasteiger partial charge in [0.15, 0.2) is 0 Å². The minimum Gasteiger partial charge on any atom is -0.490 e. The van der Waals surface area contributed by atoms with E-state index in [1.807, 2.05) is 54.6 Å². The highest BCUT2D eigenvalue weighted by atomic mass is 35.5. The van der Waals surface area contributed by atoms with Crippen molar-refractivity contribution in [2.45, 2.75) is 5.88 Å². The van der Waals surface area contributed by atoms with Crippen molar-refractivity contribution in [1.82, 2.24) is 0 Å². The predicted octanol–water partition coefficient (Wildman–Crippen LogP) is 3.88. The number of para-hydroxylation sites is 1. The van der Waals surface area contributed by atoms with Gasteiger partial charge in [-0.15, -0.1) is 11.6 Å². The fraction of sp³-hybridized carbons (Fsp3) is 0.200. The smallest absolute Gasteiger partial charge is 0.122 e. The molecular formula is C15H15ClO2. The zero-order chi connectivity index (χ0) is 12.6. The van der Waals surface area contributed by atoms with E-state index in [1.54, 1.807) is 0 Å². The maximum absolute atomic E-state index is 5.76. The summed E-state index contributed by atoms with van der Waals surface area (Å²) in [4.78, 5) is 0. The largest absolute Gasteiger partial charge is 0.490 e. The SMILES string of the molecule is ClCc1cccc(OCCOc2ccccc2)c1. The zero-order valence-corrected chi connectivity index (χ0v) is 10.8. The Morgan fingerprint density at radius 2 is 1.44 bits per heavy atom. The molecule has 0 spiro atoms. The van der Waals surface area contributed by atoms with E-state index in [1.165, 1.54) is 0 Å². The second-order valence-corrected chi connectivity index (χ2v) is 4.06. The summed E-state index contributed by atoms with van der Waals surface area (Å²) in [6, 6.07) is 17.5. The lowest BCUT2D eigenvalue weighted by Gasteiger charge is -2.08. The summed E-state index contributed by atoms with van der Waals surface area (Å²) in [5, 5.41) is 0. The molecule has 0 aliphatic rings. The van der Waals surface area contributed by atoms with E-state index in [0.29, 0.717) is 19.1 Å². The summed E-state index contributed by atoms with van der Waals surface area (Å²) < 4.78 is 11.1. The molecule has 0 saturated heterocycles. The lowest BCUT2D eigenvalue weighted by Crippen LogP contribution is -2.08. The molecule has 3 heteroatoms. The van der Waals surface area contributed by atoms with Crippen molar-refractivity contribution in [2.75, 3.05) is 13.2 Å². The number of ether oxygens (including phenoxy) is 2. The zero-order valence-electron chi connectivity index (χ0n) is 10.0. The van der Waals surface area contributed by atoms with E-state index in [9.17, 15) is 0 Å². The number of hydrogen-bond donors (Lipinski definition) is 0. The van der Waals surface area contributed by atoms with E-state index < -0.39 is 0 Å². The number of rotatable bonds is 6. The van der Waals surface area contributed by atoms with Crippen LogP contribution in [-0.4, -0.2) is 13.2 Å². The summed E-state index contributed by atoms with van der Waals surface area (Å²) in [7, 11) is 0. The molecule has 0 saturated carbocycles. The van der Waals surface area contributed by atoms with E-state index >= 15 is 0 Å². The van der Waals surface area contributed by atoms with Gasteiger partial charge in [0.1, 0.15) is 24.7 Å². The van der Waals surface area contributed by atoms with Gasteiger partial charge in [-0.2, -0.15) is 0 Å². The molecule has 0 atom stereocenters. The molecule has 0 aliphatic heterocycles. The van der Waals surface area contributed by atoms with Crippen molar-refractivity contribution < 1.29 is 9.47 Å². The summed E-state index contributed by atoms with van der Waals surface area (Å²) in [6.45, 7) is 1.04. The number of alkyl halides is 1. The maximum Gasteiger partial charge on any atom is 0.122 e. The van der Waals surface area contributed by atoms with Crippen LogP contribution in [0.5, 0.6) is 11.5 Å².